The number of Topliss-reactive ketones (excluding diaryl/α,β-unsaturated/α-hetero) is 1. The monoisotopic (exact) mass is 287 g/mol. The first-order valence-electron chi connectivity index (χ1n) is 7.29. The lowest BCUT2D eigenvalue weighted by Crippen LogP contribution is -2.23. The van der Waals surface area contributed by atoms with Gasteiger partial charge in [0.25, 0.3) is 0 Å². The first-order valence-corrected chi connectivity index (χ1v) is 7.29. The van der Waals surface area contributed by atoms with Gasteiger partial charge < -0.3 is 14.3 Å². The summed E-state index contributed by atoms with van der Waals surface area (Å²) >= 11 is 0. The Morgan fingerprint density at radius 1 is 1.33 bits per heavy atom. The summed E-state index contributed by atoms with van der Waals surface area (Å²) in [6, 6.07) is 9.21. The van der Waals surface area contributed by atoms with Crippen molar-refractivity contribution in [3.05, 3.63) is 35.9 Å². The Hall–Kier alpha value is -1.52. The van der Waals surface area contributed by atoms with Crippen molar-refractivity contribution in [1.29, 1.82) is 0 Å². The first-order chi connectivity index (χ1) is 10.0. The molecule has 0 N–H and O–H groups in total. The van der Waals surface area contributed by atoms with E-state index in [1.54, 1.807) is 0 Å². The van der Waals surface area contributed by atoms with Gasteiger partial charge in [-0.3, -0.25) is 11.1 Å². The van der Waals surface area contributed by atoms with Crippen LogP contribution in [0.15, 0.2) is 30.3 Å². The summed E-state index contributed by atoms with van der Waals surface area (Å²) in [5.41, 5.74) is 0.694. The Bertz CT molecular complexity index is 537. The number of benzene rings is 1. The highest BCUT2D eigenvalue weighted by Crippen LogP contribution is 2.54. The summed E-state index contributed by atoms with van der Waals surface area (Å²) in [5.74, 6) is -0.590. The largest absolute Gasteiger partial charge is 0.542 e. The van der Waals surface area contributed by atoms with Gasteiger partial charge in [-0.25, -0.2) is 0 Å². The minimum atomic E-state index is -0.608. The molecule has 21 heavy (non-hydrogen) atoms. The zero-order chi connectivity index (χ0) is 15.0. The number of carbonyl (C=O) groups is 1. The molecule has 0 spiro atoms. The second-order valence-electron chi connectivity index (χ2n) is 6.21. The molecule has 3 rings (SSSR count). The highest BCUT2D eigenvalue weighted by Gasteiger charge is 2.58. The smallest absolute Gasteiger partial charge is 0.166 e. The zero-order valence-corrected chi connectivity index (χ0v) is 12.2. The van der Waals surface area contributed by atoms with Crippen molar-refractivity contribution in [2.45, 2.75) is 32.2 Å². The van der Waals surface area contributed by atoms with Crippen molar-refractivity contribution in [2.75, 3.05) is 6.61 Å². The fourth-order valence-electron chi connectivity index (χ4n) is 3.34. The fourth-order valence-corrected chi connectivity index (χ4v) is 3.34. The van der Waals surface area contributed by atoms with E-state index in [0.29, 0.717) is 12.2 Å². The molecule has 0 aromatic heterocycles. The number of ketones is 1. The second-order valence-corrected chi connectivity index (χ2v) is 6.21. The standard InChI is InChI=1S/C17H19O4/c1-17(2)20-10-13(21-17)14-12(8-9-18)15(14)16(19)11-6-4-3-5-7-11/h3-7,12-15H,8,10H2,1-2H3/q-1/t12-,13-,14-,15+/m0/s1. The lowest BCUT2D eigenvalue weighted by molar-refractivity contribution is -0.141. The minimum absolute atomic E-state index is 0.0257. The molecular formula is C17H19O4-. The van der Waals surface area contributed by atoms with E-state index in [4.69, 9.17) is 9.47 Å². The predicted octanol–water partition coefficient (Wildman–Crippen LogP) is 2.38. The van der Waals surface area contributed by atoms with E-state index in [1.807, 2.05) is 50.5 Å². The number of hydrogen-bond acceptors (Lipinski definition) is 4. The van der Waals surface area contributed by atoms with Crippen LogP contribution in [0.4, 0.5) is 0 Å². The summed E-state index contributed by atoms with van der Waals surface area (Å²) in [6.45, 7) is 4.21. The SMILES string of the molecule is CC1(C)OC[C@@H]([C@@H]2[C@H](C[C-]=O)[C@H]2C(=O)c2ccccc2)O1. The molecule has 1 aromatic rings. The molecule has 1 aliphatic carbocycles. The molecule has 1 saturated carbocycles. The van der Waals surface area contributed by atoms with E-state index in [1.165, 1.54) is 0 Å². The van der Waals surface area contributed by atoms with Gasteiger partial charge in [-0.15, -0.1) is 6.42 Å². The van der Waals surface area contributed by atoms with Gasteiger partial charge in [0.2, 0.25) is 0 Å². The third kappa shape index (κ3) is 2.78. The highest BCUT2D eigenvalue weighted by molar-refractivity contribution is 6.00. The molecule has 0 radical (unpaired) electrons. The van der Waals surface area contributed by atoms with Crippen LogP contribution in [0.25, 0.3) is 0 Å². The first kappa shape index (κ1) is 14.4. The lowest BCUT2D eigenvalue weighted by atomic mass is 10.0. The van der Waals surface area contributed by atoms with Gasteiger partial charge in [0.05, 0.1) is 12.7 Å². The lowest BCUT2D eigenvalue weighted by Gasteiger charge is -2.17. The van der Waals surface area contributed by atoms with Crippen LogP contribution in [0, 0.1) is 17.8 Å². The van der Waals surface area contributed by atoms with E-state index in [2.05, 4.69) is 0 Å². The Morgan fingerprint density at radius 2 is 2.05 bits per heavy atom. The molecule has 0 bridgehead atoms. The minimum Gasteiger partial charge on any atom is -0.542 e. The van der Waals surface area contributed by atoms with Crippen LogP contribution in [-0.4, -0.2) is 30.6 Å². The van der Waals surface area contributed by atoms with Gasteiger partial charge in [-0.2, -0.15) is 0 Å². The average Bonchev–Trinajstić information content (AvgIpc) is 3.06. The Kier molecular flexibility index (Phi) is 3.68. The van der Waals surface area contributed by atoms with Crippen molar-refractivity contribution in [1.82, 2.24) is 0 Å². The molecule has 2 fully saturated rings. The molecule has 4 heteroatoms. The van der Waals surface area contributed by atoms with Gasteiger partial charge >= 0.3 is 0 Å². The van der Waals surface area contributed by atoms with Crippen molar-refractivity contribution >= 4 is 12.1 Å². The summed E-state index contributed by atoms with van der Waals surface area (Å²) in [6.07, 6.45) is 2.11. The normalized spacial score (nSPS) is 33.6. The summed E-state index contributed by atoms with van der Waals surface area (Å²) in [7, 11) is 0. The molecule has 1 aliphatic heterocycles. The molecule has 4 nitrogen and oxygen atoms in total. The summed E-state index contributed by atoms with van der Waals surface area (Å²) in [5, 5.41) is 0. The van der Waals surface area contributed by atoms with E-state index in [0.717, 1.165) is 0 Å². The van der Waals surface area contributed by atoms with E-state index >= 15 is 0 Å². The van der Waals surface area contributed by atoms with Crippen LogP contribution in [-0.2, 0) is 14.3 Å². The molecule has 2 aliphatic rings. The van der Waals surface area contributed by atoms with Crippen LogP contribution < -0.4 is 0 Å². The topological polar surface area (TPSA) is 52.6 Å². The molecule has 112 valence electrons. The van der Waals surface area contributed by atoms with Crippen molar-refractivity contribution in [3.63, 3.8) is 0 Å². The van der Waals surface area contributed by atoms with Gasteiger partial charge in [0.1, 0.15) is 0 Å². The number of hydrogen-bond donors (Lipinski definition) is 0. The van der Waals surface area contributed by atoms with Crippen LogP contribution >= 0.6 is 0 Å². The predicted molar refractivity (Wildman–Crippen MR) is 76.5 cm³/mol. The van der Waals surface area contributed by atoms with Gasteiger partial charge in [-0.1, -0.05) is 30.3 Å². The Morgan fingerprint density at radius 3 is 2.62 bits per heavy atom. The second kappa shape index (κ2) is 5.35. The van der Waals surface area contributed by atoms with Crippen LogP contribution in [0.2, 0.25) is 0 Å². The van der Waals surface area contributed by atoms with E-state index < -0.39 is 5.79 Å². The van der Waals surface area contributed by atoms with E-state index in [9.17, 15) is 9.59 Å². The maximum atomic E-state index is 12.6. The number of carbonyl (C=O) groups excluding carboxylic acids is 2. The number of rotatable bonds is 5. The highest BCUT2D eigenvalue weighted by atomic mass is 16.7. The third-order valence-electron chi connectivity index (χ3n) is 4.37. The van der Waals surface area contributed by atoms with Crippen molar-refractivity contribution < 1.29 is 19.1 Å². The molecule has 1 aromatic carbocycles. The third-order valence-corrected chi connectivity index (χ3v) is 4.37. The van der Waals surface area contributed by atoms with Crippen LogP contribution in [0.5, 0.6) is 0 Å². The molecule has 4 atom stereocenters. The Balaban J connectivity index is 1.75. The molecule has 0 unspecified atom stereocenters. The fraction of sp³-hybridized carbons (Fsp3) is 0.529. The summed E-state index contributed by atoms with van der Waals surface area (Å²) in [4.78, 5) is 23.3. The molecular weight excluding hydrogens is 268 g/mol. The van der Waals surface area contributed by atoms with Crippen LogP contribution in [0.3, 0.4) is 0 Å². The molecule has 1 saturated heterocycles. The van der Waals surface area contributed by atoms with Crippen molar-refractivity contribution in [2.24, 2.45) is 17.8 Å². The Labute approximate surface area is 124 Å². The van der Waals surface area contributed by atoms with Crippen LogP contribution in [0.1, 0.15) is 30.6 Å². The van der Waals surface area contributed by atoms with E-state index in [-0.39, 0.29) is 36.1 Å². The summed E-state index contributed by atoms with van der Waals surface area (Å²) < 4.78 is 11.4. The number of ether oxygens (including phenoxy) is 2. The van der Waals surface area contributed by atoms with Gasteiger partial charge in [0.15, 0.2) is 11.6 Å². The molecule has 1 heterocycles. The van der Waals surface area contributed by atoms with Gasteiger partial charge in [-0.05, 0) is 25.7 Å². The maximum Gasteiger partial charge on any atom is 0.166 e. The maximum absolute atomic E-state index is 12.6. The quantitative estimate of drug-likeness (QED) is 0.616. The molecule has 0 amide bonds. The zero-order valence-electron chi connectivity index (χ0n) is 12.2. The van der Waals surface area contributed by atoms with Crippen molar-refractivity contribution in [3.8, 4) is 0 Å². The average molecular weight is 287 g/mol. The van der Waals surface area contributed by atoms with Gasteiger partial charge in [0, 0.05) is 11.5 Å².